The third kappa shape index (κ3) is 4.10. The maximum absolute atomic E-state index is 12.9. The van der Waals surface area contributed by atoms with Crippen LogP contribution < -0.4 is 0 Å². The Hall–Kier alpha value is -0.933. The Labute approximate surface area is 166 Å². The SMILES string of the molecule is CCCC1CCC(C2Cc3cc4c(cc3C2)C(=O)C(O[Si](C)(C)C)C4)CC1. The molecule has 2 nitrogen and oxygen atoms in total. The maximum Gasteiger partial charge on any atom is 0.190 e. The Balaban J connectivity index is 1.42. The second-order valence-electron chi connectivity index (χ2n) is 10.3. The molecule has 0 radical (unpaired) electrons. The van der Waals surface area contributed by atoms with Crippen molar-refractivity contribution >= 4 is 14.1 Å². The Morgan fingerprint density at radius 1 is 0.926 bits per heavy atom. The molecule has 0 heterocycles. The van der Waals surface area contributed by atoms with Crippen LogP contribution in [-0.2, 0) is 23.7 Å². The van der Waals surface area contributed by atoms with Gasteiger partial charge in [-0.25, -0.2) is 0 Å². The zero-order valence-corrected chi connectivity index (χ0v) is 18.6. The van der Waals surface area contributed by atoms with Gasteiger partial charge in [0, 0.05) is 12.0 Å². The summed E-state index contributed by atoms with van der Waals surface area (Å²) in [6.45, 7) is 8.83. The van der Waals surface area contributed by atoms with Gasteiger partial charge < -0.3 is 4.43 Å². The van der Waals surface area contributed by atoms with E-state index in [1.807, 2.05) is 0 Å². The molecule has 2 atom stereocenters. The van der Waals surface area contributed by atoms with Gasteiger partial charge in [-0.15, -0.1) is 0 Å². The molecule has 2 unspecified atom stereocenters. The zero-order chi connectivity index (χ0) is 19.2. The van der Waals surface area contributed by atoms with E-state index >= 15 is 0 Å². The van der Waals surface area contributed by atoms with Gasteiger partial charge in [0.1, 0.15) is 6.10 Å². The van der Waals surface area contributed by atoms with E-state index in [4.69, 9.17) is 4.43 Å². The van der Waals surface area contributed by atoms with Crippen molar-refractivity contribution in [3.05, 3.63) is 34.4 Å². The first-order chi connectivity index (χ1) is 12.8. The van der Waals surface area contributed by atoms with Crippen LogP contribution in [0, 0.1) is 17.8 Å². The molecular weight excluding hydrogens is 348 g/mol. The Bertz CT molecular complexity index is 710. The average Bonchev–Trinajstić information content (AvgIpc) is 3.14. The minimum atomic E-state index is -1.69. The number of hydrogen-bond acceptors (Lipinski definition) is 2. The predicted molar refractivity (Wildman–Crippen MR) is 114 cm³/mol. The van der Waals surface area contributed by atoms with Gasteiger partial charge in [-0.1, -0.05) is 38.7 Å². The molecule has 3 aliphatic carbocycles. The number of carbonyl (C=O) groups is 1. The topological polar surface area (TPSA) is 26.3 Å². The summed E-state index contributed by atoms with van der Waals surface area (Å²) in [5, 5.41) is 0. The molecule has 3 heteroatoms. The first-order valence-corrected chi connectivity index (χ1v) is 14.6. The predicted octanol–water partition coefficient (Wildman–Crippen LogP) is 5.97. The summed E-state index contributed by atoms with van der Waals surface area (Å²) in [4.78, 5) is 12.9. The van der Waals surface area contributed by atoms with Gasteiger partial charge in [-0.2, -0.15) is 0 Å². The fraction of sp³-hybridized carbons (Fsp3) is 0.708. The number of ketones is 1. The number of benzene rings is 1. The number of fused-ring (bicyclic) bond motifs is 2. The summed E-state index contributed by atoms with van der Waals surface area (Å²) < 4.78 is 6.16. The summed E-state index contributed by atoms with van der Waals surface area (Å²) in [6, 6.07) is 4.60. The lowest BCUT2D eigenvalue weighted by molar-refractivity contribution is 0.0809. The van der Waals surface area contributed by atoms with Crippen molar-refractivity contribution in [2.24, 2.45) is 17.8 Å². The standard InChI is InChI=1S/C24H36O2Si/c1-5-6-16-7-9-17(10-8-16)18-11-19-13-21-15-23(26-27(2,3)4)24(25)22(21)14-20(19)12-18/h13-14,16-18,23H,5-12,15H2,1-4H3. The lowest BCUT2D eigenvalue weighted by Gasteiger charge is -2.32. The fourth-order valence-electron chi connectivity index (χ4n) is 5.83. The third-order valence-corrected chi connectivity index (χ3v) is 8.10. The minimum Gasteiger partial charge on any atom is -0.407 e. The molecule has 1 saturated carbocycles. The van der Waals surface area contributed by atoms with E-state index in [1.54, 1.807) is 0 Å². The van der Waals surface area contributed by atoms with Crippen LogP contribution in [0.2, 0.25) is 19.6 Å². The lowest BCUT2D eigenvalue weighted by Crippen LogP contribution is -2.35. The molecule has 27 heavy (non-hydrogen) atoms. The van der Waals surface area contributed by atoms with Crippen molar-refractivity contribution in [3.8, 4) is 0 Å². The number of rotatable bonds is 5. The van der Waals surface area contributed by atoms with Gasteiger partial charge in [0.05, 0.1) is 0 Å². The lowest BCUT2D eigenvalue weighted by atomic mass is 9.74. The maximum atomic E-state index is 12.9. The van der Waals surface area contributed by atoms with Crippen molar-refractivity contribution < 1.29 is 9.22 Å². The van der Waals surface area contributed by atoms with E-state index in [0.29, 0.717) is 0 Å². The highest BCUT2D eigenvalue weighted by molar-refractivity contribution is 6.70. The summed E-state index contributed by atoms with van der Waals surface area (Å²) in [5.74, 6) is 2.94. The highest BCUT2D eigenvalue weighted by Gasteiger charge is 2.38. The molecule has 0 saturated heterocycles. The summed E-state index contributed by atoms with van der Waals surface area (Å²) >= 11 is 0. The number of carbonyl (C=O) groups excluding carboxylic acids is 1. The minimum absolute atomic E-state index is 0.223. The summed E-state index contributed by atoms with van der Waals surface area (Å²) in [7, 11) is -1.69. The molecule has 0 spiro atoms. The quantitative estimate of drug-likeness (QED) is 0.585. The van der Waals surface area contributed by atoms with Crippen molar-refractivity contribution in [2.75, 3.05) is 0 Å². The molecule has 0 aromatic heterocycles. The normalized spacial score (nSPS) is 30.4. The number of Topliss-reactive ketones (excluding diaryl/α,β-unsaturated/α-hetero) is 1. The van der Waals surface area contributed by atoms with Crippen LogP contribution in [0.15, 0.2) is 12.1 Å². The first-order valence-electron chi connectivity index (χ1n) is 11.2. The molecule has 0 N–H and O–H groups in total. The van der Waals surface area contributed by atoms with E-state index in [-0.39, 0.29) is 11.9 Å². The van der Waals surface area contributed by atoms with E-state index in [1.165, 1.54) is 68.1 Å². The average molecular weight is 385 g/mol. The van der Waals surface area contributed by atoms with Crippen LogP contribution in [0.25, 0.3) is 0 Å². The van der Waals surface area contributed by atoms with Crippen LogP contribution in [0.3, 0.4) is 0 Å². The Kier molecular flexibility index (Phi) is 5.37. The molecule has 0 bridgehead atoms. The molecular formula is C24H36O2Si. The molecule has 148 valence electrons. The monoisotopic (exact) mass is 384 g/mol. The van der Waals surface area contributed by atoms with Crippen molar-refractivity contribution in [2.45, 2.75) is 90.5 Å². The van der Waals surface area contributed by atoms with E-state index < -0.39 is 8.32 Å². The summed E-state index contributed by atoms with van der Waals surface area (Å²) in [5.41, 5.74) is 5.19. The molecule has 0 aliphatic heterocycles. The smallest absolute Gasteiger partial charge is 0.190 e. The van der Waals surface area contributed by atoms with Crippen LogP contribution in [0.1, 0.15) is 72.5 Å². The van der Waals surface area contributed by atoms with Crippen LogP contribution in [0.5, 0.6) is 0 Å². The largest absolute Gasteiger partial charge is 0.407 e. The van der Waals surface area contributed by atoms with Crippen LogP contribution in [-0.4, -0.2) is 20.2 Å². The second-order valence-corrected chi connectivity index (χ2v) is 14.8. The van der Waals surface area contributed by atoms with Crippen molar-refractivity contribution in [1.82, 2.24) is 0 Å². The van der Waals surface area contributed by atoms with Gasteiger partial charge in [-0.05, 0) is 85.8 Å². The van der Waals surface area contributed by atoms with E-state index in [2.05, 4.69) is 38.7 Å². The second kappa shape index (κ2) is 7.48. The van der Waals surface area contributed by atoms with Crippen molar-refractivity contribution in [3.63, 3.8) is 0 Å². The Morgan fingerprint density at radius 2 is 1.59 bits per heavy atom. The molecule has 1 fully saturated rings. The highest BCUT2D eigenvalue weighted by Crippen LogP contribution is 2.42. The third-order valence-electron chi connectivity index (χ3n) is 7.10. The van der Waals surface area contributed by atoms with Crippen LogP contribution in [0.4, 0.5) is 0 Å². The molecule has 1 aromatic carbocycles. The van der Waals surface area contributed by atoms with Gasteiger partial charge in [0.2, 0.25) is 0 Å². The van der Waals surface area contributed by atoms with Crippen molar-refractivity contribution in [1.29, 1.82) is 0 Å². The summed E-state index contributed by atoms with van der Waals surface area (Å²) in [6.07, 6.45) is 11.5. The van der Waals surface area contributed by atoms with Gasteiger partial charge in [0.15, 0.2) is 14.1 Å². The van der Waals surface area contributed by atoms with Crippen LogP contribution >= 0.6 is 0 Å². The Morgan fingerprint density at radius 3 is 2.22 bits per heavy atom. The van der Waals surface area contributed by atoms with Gasteiger partial charge in [0.25, 0.3) is 0 Å². The van der Waals surface area contributed by atoms with E-state index in [0.717, 1.165) is 29.7 Å². The molecule has 3 aliphatic rings. The number of hydrogen-bond donors (Lipinski definition) is 0. The van der Waals surface area contributed by atoms with Gasteiger partial charge in [-0.3, -0.25) is 4.79 Å². The fourth-order valence-corrected chi connectivity index (χ4v) is 6.88. The molecule has 0 amide bonds. The molecule has 4 rings (SSSR count). The van der Waals surface area contributed by atoms with E-state index in [9.17, 15) is 4.79 Å². The first kappa shape index (κ1) is 19.4. The zero-order valence-electron chi connectivity index (χ0n) is 17.6. The molecule has 1 aromatic rings. The highest BCUT2D eigenvalue weighted by atomic mass is 28.4. The van der Waals surface area contributed by atoms with Gasteiger partial charge >= 0.3 is 0 Å².